The molecular formula is C11H12Br2N4. The number of imidazole rings is 1. The van der Waals surface area contributed by atoms with Gasteiger partial charge in [-0.3, -0.25) is 0 Å². The van der Waals surface area contributed by atoms with Crippen molar-refractivity contribution in [2.24, 2.45) is 0 Å². The van der Waals surface area contributed by atoms with Gasteiger partial charge in [-0.25, -0.2) is 9.97 Å². The summed E-state index contributed by atoms with van der Waals surface area (Å²) < 4.78 is 1.93. The Labute approximate surface area is 117 Å². The summed E-state index contributed by atoms with van der Waals surface area (Å²) >= 11 is 6.84. The van der Waals surface area contributed by atoms with Gasteiger partial charge in [-0.15, -0.1) is 0 Å². The minimum Gasteiger partial charge on any atom is -0.369 e. The number of aromatic nitrogens is 3. The second-order valence-corrected chi connectivity index (χ2v) is 5.32. The number of hydrogen-bond acceptors (Lipinski definition) is 3. The van der Waals surface area contributed by atoms with Crippen LogP contribution in [-0.4, -0.2) is 21.5 Å². The molecule has 0 radical (unpaired) electrons. The lowest BCUT2D eigenvalue weighted by Gasteiger charge is -2.06. The lowest BCUT2D eigenvalue weighted by molar-refractivity contribution is 0.813. The van der Waals surface area contributed by atoms with Crippen LogP contribution in [0.2, 0.25) is 0 Å². The smallest absolute Gasteiger partial charge is 0.140 e. The average Bonchev–Trinajstić information content (AvgIpc) is 2.79. The minimum atomic E-state index is 0.868. The van der Waals surface area contributed by atoms with E-state index in [1.54, 1.807) is 12.4 Å². The molecule has 0 saturated heterocycles. The van der Waals surface area contributed by atoms with Gasteiger partial charge in [-0.05, 0) is 44.3 Å². The summed E-state index contributed by atoms with van der Waals surface area (Å²) in [4.78, 5) is 11.5. The molecule has 0 aromatic carbocycles. The van der Waals surface area contributed by atoms with E-state index < -0.39 is 0 Å². The maximum atomic E-state index is 4.28. The molecule has 2 rings (SSSR count). The third-order valence-corrected chi connectivity index (χ3v) is 3.28. The fraction of sp³-hybridized carbons (Fsp3) is 0.273. The highest BCUT2D eigenvalue weighted by atomic mass is 79.9. The maximum absolute atomic E-state index is 4.28. The zero-order chi connectivity index (χ0) is 12.1. The van der Waals surface area contributed by atoms with E-state index in [1.165, 1.54) is 0 Å². The predicted molar refractivity (Wildman–Crippen MR) is 75.0 cm³/mol. The molecule has 4 nitrogen and oxygen atoms in total. The van der Waals surface area contributed by atoms with Crippen LogP contribution in [-0.2, 0) is 6.42 Å². The normalized spacial score (nSPS) is 10.5. The first-order valence-electron chi connectivity index (χ1n) is 5.29. The van der Waals surface area contributed by atoms with E-state index in [2.05, 4.69) is 52.1 Å². The Kier molecular flexibility index (Phi) is 4.56. The third-order valence-electron chi connectivity index (χ3n) is 2.25. The Morgan fingerprint density at radius 1 is 1.29 bits per heavy atom. The number of halogens is 2. The van der Waals surface area contributed by atoms with Crippen LogP contribution in [0.3, 0.4) is 0 Å². The van der Waals surface area contributed by atoms with Crippen molar-refractivity contribution in [2.75, 3.05) is 11.9 Å². The monoisotopic (exact) mass is 358 g/mol. The van der Waals surface area contributed by atoms with Gasteiger partial charge in [0, 0.05) is 36.0 Å². The van der Waals surface area contributed by atoms with Crippen LogP contribution in [0.15, 0.2) is 33.6 Å². The Bertz CT molecular complexity index is 470. The van der Waals surface area contributed by atoms with E-state index in [0.29, 0.717) is 0 Å². The molecule has 2 heterocycles. The van der Waals surface area contributed by atoms with Gasteiger partial charge in [0.05, 0.1) is 4.47 Å². The fourth-order valence-corrected chi connectivity index (χ4v) is 2.57. The third kappa shape index (κ3) is 3.81. The van der Waals surface area contributed by atoms with Crippen LogP contribution in [0, 0.1) is 0 Å². The molecule has 6 heteroatoms. The van der Waals surface area contributed by atoms with Crippen LogP contribution >= 0.6 is 31.9 Å². The highest BCUT2D eigenvalue weighted by Gasteiger charge is 2.01. The Balaban J connectivity index is 1.78. The highest BCUT2D eigenvalue weighted by Crippen LogP contribution is 2.23. The second kappa shape index (κ2) is 6.16. The van der Waals surface area contributed by atoms with Crippen molar-refractivity contribution < 1.29 is 0 Å². The molecule has 0 aliphatic heterocycles. The number of nitrogens with zero attached hydrogens (tertiary/aromatic N) is 2. The molecule has 0 aliphatic carbocycles. The largest absolute Gasteiger partial charge is 0.369 e. The average molecular weight is 360 g/mol. The second-order valence-electron chi connectivity index (χ2n) is 3.55. The first-order chi connectivity index (χ1) is 8.25. The summed E-state index contributed by atoms with van der Waals surface area (Å²) in [7, 11) is 0. The molecular weight excluding hydrogens is 348 g/mol. The van der Waals surface area contributed by atoms with Gasteiger partial charge in [-0.1, -0.05) is 0 Å². The standard InChI is InChI=1S/C11H12Br2N4/c12-8-6-9(13)11(17-7-8)16-3-1-2-10-14-4-5-15-10/h4-7H,1-3H2,(H,14,15)(H,16,17). The molecule has 0 saturated carbocycles. The zero-order valence-corrected chi connectivity index (χ0v) is 12.3. The van der Waals surface area contributed by atoms with Gasteiger partial charge in [0.1, 0.15) is 11.6 Å². The van der Waals surface area contributed by atoms with Crippen LogP contribution in [0.25, 0.3) is 0 Å². The van der Waals surface area contributed by atoms with E-state index in [-0.39, 0.29) is 0 Å². The van der Waals surface area contributed by atoms with Gasteiger partial charge < -0.3 is 10.3 Å². The van der Waals surface area contributed by atoms with E-state index in [0.717, 1.165) is 40.0 Å². The van der Waals surface area contributed by atoms with Crippen molar-refractivity contribution in [1.82, 2.24) is 15.0 Å². The number of anilines is 1. The molecule has 0 bridgehead atoms. The molecule has 0 unspecified atom stereocenters. The Hall–Kier alpha value is -0.880. The van der Waals surface area contributed by atoms with E-state index >= 15 is 0 Å². The lowest BCUT2D eigenvalue weighted by Crippen LogP contribution is -2.05. The van der Waals surface area contributed by atoms with Crippen LogP contribution in [0.4, 0.5) is 5.82 Å². The minimum absolute atomic E-state index is 0.868. The number of nitrogens with one attached hydrogen (secondary N) is 2. The van der Waals surface area contributed by atoms with Gasteiger partial charge in [0.15, 0.2) is 0 Å². The summed E-state index contributed by atoms with van der Waals surface area (Å²) in [5, 5.41) is 3.28. The summed E-state index contributed by atoms with van der Waals surface area (Å²) in [5.41, 5.74) is 0. The molecule has 2 aromatic heterocycles. The molecule has 2 N–H and O–H groups in total. The maximum Gasteiger partial charge on any atom is 0.140 e. The summed E-state index contributed by atoms with van der Waals surface area (Å²) in [5.74, 6) is 1.89. The number of H-pyrrole nitrogens is 1. The number of rotatable bonds is 5. The van der Waals surface area contributed by atoms with Gasteiger partial charge in [0.2, 0.25) is 0 Å². The topological polar surface area (TPSA) is 53.6 Å². The molecule has 0 fully saturated rings. The van der Waals surface area contributed by atoms with Gasteiger partial charge >= 0.3 is 0 Å². The van der Waals surface area contributed by atoms with Crippen molar-refractivity contribution in [3.8, 4) is 0 Å². The number of pyridine rings is 1. The predicted octanol–water partition coefficient (Wildman–Crippen LogP) is 3.37. The Morgan fingerprint density at radius 3 is 2.88 bits per heavy atom. The van der Waals surface area contributed by atoms with Crippen LogP contribution in [0.5, 0.6) is 0 Å². The number of aromatic amines is 1. The first kappa shape index (κ1) is 12.6. The Morgan fingerprint density at radius 2 is 2.18 bits per heavy atom. The number of aryl methyl sites for hydroxylation is 1. The highest BCUT2D eigenvalue weighted by molar-refractivity contribution is 9.11. The molecule has 0 spiro atoms. The summed E-state index contributed by atoms with van der Waals surface area (Å²) in [6, 6.07) is 1.97. The zero-order valence-electron chi connectivity index (χ0n) is 9.08. The molecule has 0 amide bonds. The van der Waals surface area contributed by atoms with Crippen molar-refractivity contribution >= 4 is 37.7 Å². The quantitative estimate of drug-likeness (QED) is 0.804. The summed E-state index contributed by atoms with van der Waals surface area (Å²) in [6.07, 6.45) is 7.34. The van der Waals surface area contributed by atoms with Crippen molar-refractivity contribution in [1.29, 1.82) is 0 Å². The van der Waals surface area contributed by atoms with Gasteiger partial charge in [-0.2, -0.15) is 0 Å². The summed E-state index contributed by atoms with van der Waals surface area (Å²) in [6.45, 7) is 0.869. The molecule has 2 aromatic rings. The first-order valence-corrected chi connectivity index (χ1v) is 6.87. The van der Waals surface area contributed by atoms with Crippen molar-refractivity contribution in [3.05, 3.63) is 39.4 Å². The van der Waals surface area contributed by atoms with E-state index in [9.17, 15) is 0 Å². The van der Waals surface area contributed by atoms with Gasteiger partial charge in [0.25, 0.3) is 0 Å². The van der Waals surface area contributed by atoms with Crippen LogP contribution < -0.4 is 5.32 Å². The molecule has 0 atom stereocenters. The van der Waals surface area contributed by atoms with Crippen molar-refractivity contribution in [2.45, 2.75) is 12.8 Å². The van der Waals surface area contributed by atoms with E-state index in [4.69, 9.17) is 0 Å². The van der Waals surface area contributed by atoms with Crippen molar-refractivity contribution in [3.63, 3.8) is 0 Å². The number of hydrogen-bond donors (Lipinski definition) is 2. The molecule has 90 valence electrons. The lowest BCUT2D eigenvalue weighted by atomic mass is 10.3. The SMILES string of the molecule is Brc1cnc(NCCCc2ncc[nH]2)c(Br)c1. The molecule has 0 aliphatic rings. The molecule has 17 heavy (non-hydrogen) atoms. The van der Waals surface area contributed by atoms with E-state index in [1.807, 2.05) is 12.3 Å². The fourth-order valence-electron chi connectivity index (χ4n) is 1.44. The van der Waals surface area contributed by atoms with Crippen LogP contribution in [0.1, 0.15) is 12.2 Å².